The van der Waals surface area contributed by atoms with Crippen LogP contribution in [0.2, 0.25) is 0 Å². The fraction of sp³-hybridized carbons (Fsp3) is 0.684. The van der Waals surface area contributed by atoms with Crippen LogP contribution < -0.4 is 14.8 Å². The molecule has 0 unspecified atom stereocenters. The zero-order valence-electron chi connectivity index (χ0n) is 15.2. The van der Waals surface area contributed by atoms with E-state index in [1.807, 2.05) is 6.92 Å². The van der Waals surface area contributed by atoms with Crippen LogP contribution in [-0.2, 0) is 6.54 Å². The summed E-state index contributed by atoms with van der Waals surface area (Å²) >= 11 is 3.64. The molecule has 1 aliphatic rings. The lowest BCUT2D eigenvalue weighted by Crippen LogP contribution is -2.37. The number of hydrogen-bond donors (Lipinski definition) is 1. The molecule has 0 radical (unpaired) electrons. The highest BCUT2D eigenvalue weighted by molar-refractivity contribution is 9.10. The predicted octanol–water partition coefficient (Wildman–Crippen LogP) is 4.21. The summed E-state index contributed by atoms with van der Waals surface area (Å²) in [7, 11) is 0. The van der Waals surface area contributed by atoms with Crippen LogP contribution in [0.1, 0.15) is 45.6 Å². The highest BCUT2D eigenvalue weighted by Crippen LogP contribution is 2.37. The summed E-state index contributed by atoms with van der Waals surface area (Å²) in [4.78, 5) is 2.57. The van der Waals surface area contributed by atoms with Gasteiger partial charge in [0, 0.05) is 19.1 Å². The largest absolute Gasteiger partial charge is 0.490 e. The van der Waals surface area contributed by atoms with E-state index < -0.39 is 0 Å². The number of benzene rings is 1. The maximum atomic E-state index is 5.84. The van der Waals surface area contributed by atoms with E-state index in [1.165, 1.54) is 24.9 Å². The van der Waals surface area contributed by atoms with Crippen molar-refractivity contribution in [2.24, 2.45) is 0 Å². The normalized spacial score (nSPS) is 18.1. The first-order valence-corrected chi connectivity index (χ1v) is 10.0. The van der Waals surface area contributed by atoms with E-state index >= 15 is 0 Å². The Morgan fingerprint density at radius 3 is 2.79 bits per heavy atom. The Morgan fingerprint density at radius 1 is 1.25 bits per heavy atom. The third-order valence-electron chi connectivity index (χ3n) is 4.43. The first kappa shape index (κ1) is 19.5. The maximum Gasteiger partial charge on any atom is 0.175 e. The van der Waals surface area contributed by atoms with Gasteiger partial charge in [-0.05, 0) is 72.9 Å². The summed E-state index contributed by atoms with van der Waals surface area (Å²) < 4.78 is 12.6. The van der Waals surface area contributed by atoms with Gasteiger partial charge in [0.15, 0.2) is 11.5 Å². The molecule has 5 heteroatoms. The van der Waals surface area contributed by atoms with E-state index in [0.29, 0.717) is 19.3 Å². The Hall–Kier alpha value is -0.780. The first-order chi connectivity index (χ1) is 11.7. The molecule has 4 nitrogen and oxygen atoms in total. The van der Waals surface area contributed by atoms with Crippen molar-refractivity contribution in [1.82, 2.24) is 10.2 Å². The van der Waals surface area contributed by atoms with E-state index in [0.717, 1.165) is 42.0 Å². The highest BCUT2D eigenvalue weighted by Gasteiger charge is 2.22. The van der Waals surface area contributed by atoms with E-state index in [4.69, 9.17) is 9.47 Å². The molecular weight excluding hydrogens is 368 g/mol. The number of ether oxygens (including phenoxy) is 2. The van der Waals surface area contributed by atoms with Gasteiger partial charge in [0.25, 0.3) is 0 Å². The number of likely N-dealkylation sites (tertiary alicyclic amines) is 1. The monoisotopic (exact) mass is 398 g/mol. The molecule has 1 atom stereocenters. The molecule has 0 spiro atoms. The van der Waals surface area contributed by atoms with Gasteiger partial charge in [-0.2, -0.15) is 0 Å². The number of halogens is 1. The second kappa shape index (κ2) is 10.3. The number of nitrogens with zero attached hydrogens (tertiary/aromatic N) is 1. The van der Waals surface area contributed by atoms with Crippen LogP contribution >= 0.6 is 15.9 Å². The standard InChI is InChI=1S/C19H31BrN2O2/c1-4-10-24-19-17(20)11-15(12-18(19)23-6-3)13-21-14-16-8-7-9-22(16)5-2/h11-12,16,21H,4-10,13-14H2,1-3H3/t16-/m1/s1. The Morgan fingerprint density at radius 2 is 2.08 bits per heavy atom. The molecule has 1 saturated heterocycles. The molecule has 1 N–H and O–H groups in total. The molecule has 136 valence electrons. The quantitative estimate of drug-likeness (QED) is 0.639. The topological polar surface area (TPSA) is 33.7 Å². The fourth-order valence-electron chi connectivity index (χ4n) is 3.26. The summed E-state index contributed by atoms with van der Waals surface area (Å²) in [5.41, 5.74) is 1.22. The summed E-state index contributed by atoms with van der Waals surface area (Å²) in [6, 6.07) is 4.91. The average molecular weight is 399 g/mol. The third kappa shape index (κ3) is 5.36. The van der Waals surface area contributed by atoms with E-state index in [-0.39, 0.29) is 0 Å². The second-order valence-corrected chi connectivity index (χ2v) is 7.10. The number of hydrogen-bond acceptors (Lipinski definition) is 4. The molecule has 0 saturated carbocycles. The van der Waals surface area contributed by atoms with Crippen molar-refractivity contribution in [2.75, 3.05) is 32.8 Å². The molecular formula is C19H31BrN2O2. The molecule has 2 rings (SSSR count). The van der Waals surface area contributed by atoms with Crippen molar-refractivity contribution < 1.29 is 9.47 Å². The van der Waals surface area contributed by atoms with Crippen LogP contribution in [0.4, 0.5) is 0 Å². The van der Waals surface area contributed by atoms with Crippen LogP contribution in [0.25, 0.3) is 0 Å². The molecule has 0 bridgehead atoms. The van der Waals surface area contributed by atoms with Gasteiger partial charge in [0.1, 0.15) is 0 Å². The van der Waals surface area contributed by atoms with Gasteiger partial charge < -0.3 is 14.8 Å². The summed E-state index contributed by atoms with van der Waals surface area (Å²) in [6.45, 7) is 12.0. The summed E-state index contributed by atoms with van der Waals surface area (Å²) in [5.74, 6) is 1.64. The summed E-state index contributed by atoms with van der Waals surface area (Å²) in [5, 5.41) is 3.61. The van der Waals surface area contributed by atoms with Gasteiger partial charge in [0.2, 0.25) is 0 Å². The molecule has 1 aromatic carbocycles. The van der Waals surface area contributed by atoms with E-state index in [1.54, 1.807) is 0 Å². The smallest absolute Gasteiger partial charge is 0.175 e. The van der Waals surface area contributed by atoms with E-state index in [2.05, 4.69) is 52.1 Å². The highest BCUT2D eigenvalue weighted by atomic mass is 79.9. The molecule has 0 aromatic heterocycles. The minimum absolute atomic E-state index is 0.638. The zero-order valence-corrected chi connectivity index (χ0v) is 16.8. The molecule has 1 fully saturated rings. The molecule has 1 aliphatic heterocycles. The van der Waals surface area contributed by atoms with E-state index in [9.17, 15) is 0 Å². The van der Waals surface area contributed by atoms with Crippen molar-refractivity contribution in [3.05, 3.63) is 22.2 Å². The first-order valence-electron chi connectivity index (χ1n) is 9.22. The van der Waals surface area contributed by atoms with Crippen molar-refractivity contribution in [3.8, 4) is 11.5 Å². The lowest BCUT2D eigenvalue weighted by Gasteiger charge is -2.23. The van der Waals surface area contributed by atoms with Crippen LogP contribution in [-0.4, -0.2) is 43.8 Å². The van der Waals surface area contributed by atoms with Crippen molar-refractivity contribution >= 4 is 15.9 Å². The minimum Gasteiger partial charge on any atom is -0.490 e. The molecule has 0 amide bonds. The maximum absolute atomic E-state index is 5.84. The SMILES string of the molecule is CCCOc1c(Br)cc(CNC[C@H]2CCCN2CC)cc1OCC. The lowest BCUT2D eigenvalue weighted by atomic mass is 10.1. The molecule has 1 aromatic rings. The van der Waals surface area contributed by atoms with Gasteiger partial charge in [0.05, 0.1) is 17.7 Å². The van der Waals surface area contributed by atoms with Crippen molar-refractivity contribution in [3.63, 3.8) is 0 Å². The molecule has 1 heterocycles. The Kier molecular flexibility index (Phi) is 8.36. The Bertz CT molecular complexity index is 510. The van der Waals surface area contributed by atoms with Crippen molar-refractivity contribution in [1.29, 1.82) is 0 Å². The average Bonchev–Trinajstić information content (AvgIpc) is 3.02. The van der Waals surface area contributed by atoms with Gasteiger partial charge in [-0.25, -0.2) is 0 Å². The number of nitrogens with one attached hydrogen (secondary N) is 1. The number of likely N-dealkylation sites (N-methyl/N-ethyl adjacent to an activating group) is 1. The Labute approximate surface area is 155 Å². The molecule has 0 aliphatic carbocycles. The van der Waals surface area contributed by atoms with Gasteiger partial charge in [-0.3, -0.25) is 4.90 Å². The number of rotatable bonds is 10. The lowest BCUT2D eigenvalue weighted by molar-refractivity contribution is 0.259. The zero-order chi connectivity index (χ0) is 17.4. The fourth-order valence-corrected chi connectivity index (χ4v) is 3.86. The summed E-state index contributed by atoms with van der Waals surface area (Å²) in [6.07, 6.45) is 3.61. The minimum atomic E-state index is 0.638. The van der Waals surface area contributed by atoms with Crippen LogP contribution in [0.5, 0.6) is 11.5 Å². The Balaban J connectivity index is 1.97. The predicted molar refractivity (Wildman–Crippen MR) is 103 cm³/mol. The second-order valence-electron chi connectivity index (χ2n) is 6.24. The van der Waals surface area contributed by atoms with Crippen LogP contribution in [0.3, 0.4) is 0 Å². The molecule has 24 heavy (non-hydrogen) atoms. The van der Waals surface area contributed by atoms with Gasteiger partial charge >= 0.3 is 0 Å². The van der Waals surface area contributed by atoms with Gasteiger partial charge in [-0.1, -0.05) is 13.8 Å². The van der Waals surface area contributed by atoms with Crippen molar-refractivity contribution in [2.45, 2.75) is 52.6 Å². The van der Waals surface area contributed by atoms with Crippen LogP contribution in [0.15, 0.2) is 16.6 Å². The van der Waals surface area contributed by atoms with Crippen LogP contribution in [0, 0.1) is 0 Å². The van der Waals surface area contributed by atoms with Gasteiger partial charge in [-0.15, -0.1) is 0 Å². The third-order valence-corrected chi connectivity index (χ3v) is 5.02.